The highest BCUT2D eigenvalue weighted by atomic mass is 16.2. The summed E-state index contributed by atoms with van der Waals surface area (Å²) in [5.74, 6) is -1.06. The molecule has 5 heteroatoms. The van der Waals surface area contributed by atoms with Crippen LogP contribution in [-0.4, -0.2) is 43.4 Å². The van der Waals surface area contributed by atoms with Crippen LogP contribution in [0, 0.1) is 0 Å². The Kier molecular flexibility index (Phi) is 7.62. The fourth-order valence-corrected chi connectivity index (χ4v) is 1.14. The molecule has 5 nitrogen and oxygen atoms in total. The van der Waals surface area contributed by atoms with E-state index in [1.165, 1.54) is 4.90 Å². The van der Waals surface area contributed by atoms with Gasteiger partial charge < -0.3 is 16.0 Å². The third-order valence-electron chi connectivity index (χ3n) is 2.07. The van der Waals surface area contributed by atoms with Gasteiger partial charge >= 0.3 is 11.8 Å². The highest BCUT2D eigenvalue weighted by Crippen LogP contribution is 1.96. The third-order valence-corrected chi connectivity index (χ3v) is 2.07. The summed E-state index contributed by atoms with van der Waals surface area (Å²) in [5.41, 5.74) is 5.21. The second-order valence-corrected chi connectivity index (χ2v) is 3.48. The molecule has 0 aromatic rings. The Morgan fingerprint density at radius 3 is 2.53 bits per heavy atom. The summed E-state index contributed by atoms with van der Waals surface area (Å²) in [5, 5.41) is 2.45. The molecular weight excluding hydrogens is 194 g/mol. The second kappa shape index (κ2) is 8.23. The zero-order chi connectivity index (χ0) is 11.7. The van der Waals surface area contributed by atoms with Crippen LogP contribution in [0.1, 0.15) is 26.2 Å². The van der Waals surface area contributed by atoms with Gasteiger partial charge in [0.05, 0.1) is 0 Å². The van der Waals surface area contributed by atoms with Crippen molar-refractivity contribution in [1.29, 1.82) is 0 Å². The normalized spacial score (nSPS) is 9.80. The quantitative estimate of drug-likeness (QED) is 0.472. The standard InChI is InChI=1S/C10H21N3O2/c1-3-4-5-8-13(2)10(15)9(14)12-7-6-11/h3-8,11H2,1-2H3,(H,12,14). The Hall–Kier alpha value is -1.10. The van der Waals surface area contributed by atoms with Crippen LogP contribution in [0.4, 0.5) is 0 Å². The lowest BCUT2D eigenvalue weighted by molar-refractivity contribution is -0.144. The number of nitrogens with one attached hydrogen (secondary N) is 1. The van der Waals surface area contributed by atoms with E-state index in [1.54, 1.807) is 7.05 Å². The van der Waals surface area contributed by atoms with E-state index in [0.29, 0.717) is 19.6 Å². The van der Waals surface area contributed by atoms with Gasteiger partial charge in [-0.25, -0.2) is 0 Å². The molecule has 0 aromatic heterocycles. The van der Waals surface area contributed by atoms with Crippen molar-refractivity contribution in [3.63, 3.8) is 0 Å². The fraction of sp³-hybridized carbons (Fsp3) is 0.800. The first-order valence-electron chi connectivity index (χ1n) is 5.36. The summed E-state index contributed by atoms with van der Waals surface area (Å²) in [7, 11) is 1.64. The first-order chi connectivity index (χ1) is 7.13. The van der Waals surface area contributed by atoms with Gasteiger partial charge in [0.15, 0.2) is 0 Å². The van der Waals surface area contributed by atoms with E-state index in [9.17, 15) is 9.59 Å². The fourth-order valence-electron chi connectivity index (χ4n) is 1.14. The Labute approximate surface area is 91.0 Å². The molecule has 0 radical (unpaired) electrons. The first kappa shape index (κ1) is 13.9. The molecule has 0 spiro atoms. The van der Waals surface area contributed by atoms with Gasteiger partial charge in [-0.3, -0.25) is 9.59 Å². The van der Waals surface area contributed by atoms with Gasteiger partial charge in [0.25, 0.3) is 0 Å². The maximum Gasteiger partial charge on any atom is 0.311 e. The third kappa shape index (κ3) is 6.06. The number of amides is 2. The lowest BCUT2D eigenvalue weighted by Gasteiger charge is -2.16. The van der Waals surface area contributed by atoms with Gasteiger partial charge in [0.1, 0.15) is 0 Å². The predicted molar refractivity (Wildman–Crippen MR) is 59.2 cm³/mol. The Bertz CT molecular complexity index is 207. The van der Waals surface area contributed by atoms with Crippen LogP contribution in [0.2, 0.25) is 0 Å². The Morgan fingerprint density at radius 2 is 2.00 bits per heavy atom. The smallest absolute Gasteiger partial charge is 0.311 e. The monoisotopic (exact) mass is 215 g/mol. The summed E-state index contributed by atoms with van der Waals surface area (Å²) >= 11 is 0. The molecule has 88 valence electrons. The van der Waals surface area contributed by atoms with Crippen LogP contribution in [0.15, 0.2) is 0 Å². The minimum absolute atomic E-state index is 0.341. The molecule has 15 heavy (non-hydrogen) atoms. The second-order valence-electron chi connectivity index (χ2n) is 3.48. The minimum Gasteiger partial charge on any atom is -0.347 e. The largest absolute Gasteiger partial charge is 0.347 e. The van der Waals surface area contributed by atoms with Crippen LogP contribution in [0.25, 0.3) is 0 Å². The first-order valence-corrected chi connectivity index (χ1v) is 5.36. The molecule has 0 atom stereocenters. The van der Waals surface area contributed by atoms with E-state index in [2.05, 4.69) is 12.2 Å². The number of carbonyl (C=O) groups excluding carboxylic acids is 2. The molecule has 0 aliphatic heterocycles. The number of carbonyl (C=O) groups is 2. The lowest BCUT2D eigenvalue weighted by atomic mass is 10.2. The summed E-state index contributed by atoms with van der Waals surface area (Å²) in [4.78, 5) is 24.1. The van der Waals surface area contributed by atoms with Crippen molar-refractivity contribution in [2.45, 2.75) is 26.2 Å². The molecule has 0 bridgehead atoms. The van der Waals surface area contributed by atoms with Crippen molar-refractivity contribution in [3.8, 4) is 0 Å². The number of nitrogens with two attached hydrogens (primary N) is 1. The topological polar surface area (TPSA) is 75.4 Å². The maximum absolute atomic E-state index is 11.4. The van der Waals surface area contributed by atoms with Gasteiger partial charge in [0, 0.05) is 26.7 Å². The summed E-state index contributed by atoms with van der Waals surface area (Å²) in [6.45, 7) is 3.41. The van der Waals surface area contributed by atoms with Crippen molar-refractivity contribution in [3.05, 3.63) is 0 Å². The van der Waals surface area contributed by atoms with Gasteiger partial charge in [-0.2, -0.15) is 0 Å². The average molecular weight is 215 g/mol. The molecule has 0 aliphatic carbocycles. The van der Waals surface area contributed by atoms with Gasteiger partial charge in [-0.15, -0.1) is 0 Å². The summed E-state index contributed by atoms with van der Waals surface area (Å²) < 4.78 is 0. The number of unbranched alkanes of at least 4 members (excludes halogenated alkanes) is 2. The van der Waals surface area contributed by atoms with Crippen LogP contribution in [0.5, 0.6) is 0 Å². The number of nitrogens with zero attached hydrogens (tertiary/aromatic N) is 1. The Morgan fingerprint density at radius 1 is 1.33 bits per heavy atom. The van der Waals surface area contributed by atoms with Crippen molar-refractivity contribution in [1.82, 2.24) is 10.2 Å². The molecule has 0 aromatic carbocycles. The average Bonchev–Trinajstić information content (AvgIpc) is 2.24. The van der Waals surface area contributed by atoms with E-state index in [-0.39, 0.29) is 0 Å². The van der Waals surface area contributed by atoms with Crippen molar-refractivity contribution < 1.29 is 9.59 Å². The van der Waals surface area contributed by atoms with E-state index < -0.39 is 11.8 Å². The summed E-state index contributed by atoms with van der Waals surface area (Å²) in [6, 6.07) is 0. The molecule has 0 saturated carbocycles. The molecule has 0 saturated heterocycles. The minimum atomic E-state index is -0.570. The molecule has 0 heterocycles. The summed E-state index contributed by atoms with van der Waals surface area (Å²) in [6.07, 6.45) is 3.10. The highest BCUT2D eigenvalue weighted by Gasteiger charge is 2.16. The zero-order valence-electron chi connectivity index (χ0n) is 9.58. The van der Waals surface area contributed by atoms with Crippen molar-refractivity contribution in [2.75, 3.05) is 26.7 Å². The molecule has 0 aliphatic rings. The molecule has 0 unspecified atom stereocenters. The number of rotatable bonds is 6. The number of hydrogen-bond acceptors (Lipinski definition) is 3. The van der Waals surface area contributed by atoms with E-state index in [4.69, 9.17) is 5.73 Å². The lowest BCUT2D eigenvalue weighted by Crippen LogP contribution is -2.42. The van der Waals surface area contributed by atoms with E-state index >= 15 is 0 Å². The van der Waals surface area contributed by atoms with Gasteiger partial charge in [-0.05, 0) is 6.42 Å². The van der Waals surface area contributed by atoms with Crippen LogP contribution < -0.4 is 11.1 Å². The van der Waals surface area contributed by atoms with Crippen molar-refractivity contribution in [2.24, 2.45) is 5.73 Å². The Balaban J connectivity index is 3.81. The molecule has 2 amide bonds. The zero-order valence-corrected chi connectivity index (χ0v) is 9.58. The molecule has 0 fully saturated rings. The van der Waals surface area contributed by atoms with Crippen LogP contribution in [0.3, 0.4) is 0 Å². The highest BCUT2D eigenvalue weighted by molar-refractivity contribution is 6.34. The van der Waals surface area contributed by atoms with Gasteiger partial charge in [-0.1, -0.05) is 19.8 Å². The number of hydrogen-bond donors (Lipinski definition) is 2. The SMILES string of the molecule is CCCCCN(C)C(=O)C(=O)NCCN. The molecular formula is C10H21N3O2. The van der Waals surface area contributed by atoms with E-state index in [1.807, 2.05) is 0 Å². The van der Waals surface area contributed by atoms with Crippen molar-refractivity contribution >= 4 is 11.8 Å². The predicted octanol–water partition coefficient (Wildman–Crippen LogP) is -0.290. The van der Waals surface area contributed by atoms with E-state index in [0.717, 1.165) is 19.3 Å². The maximum atomic E-state index is 11.4. The van der Waals surface area contributed by atoms with Crippen LogP contribution >= 0.6 is 0 Å². The van der Waals surface area contributed by atoms with Gasteiger partial charge in [0.2, 0.25) is 0 Å². The molecule has 3 N–H and O–H groups in total. The number of likely N-dealkylation sites (N-methyl/N-ethyl adjacent to an activating group) is 1. The van der Waals surface area contributed by atoms with Crippen LogP contribution in [-0.2, 0) is 9.59 Å². The molecule has 0 rings (SSSR count).